The first-order valence-electron chi connectivity index (χ1n) is 9.48. The lowest BCUT2D eigenvalue weighted by molar-refractivity contribution is -0.129. The highest BCUT2D eigenvalue weighted by atomic mass is 16.6. The van der Waals surface area contributed by atoms with Crippen LogP contribution in [0.25, 0.3) is 17.0 Å². The number of aromatic nitrogens is 1. The molecule has 2 aromatic carbocycles. The molecule has 0 N–H and O–H groups in total. The van der Waals surface area contributed by atoms with Crippen molar-refractivity contribution in [2.75, 3.05) is 0 Å². The van der Waals surface area contributed by atoms with Crippen LogP contribution in [0.4, 0.5) is 0 Å². The molecule has 2 heterocycles. The average Bonchev–Trinajstić information content (AvgIpc) is 3.23. The minimum absolute atomic E-state index is 0.0443. The van der Waals surface area contributed by atoms with E-state index in [9.17, 15) is 9.59 Å². The van der Waals surface area contributed by atoms with Gasteiger partial charge in [0, 0.05) is 29.6 Å². The predicted octanol–water partition coefficient (Wildman–Crippen LogP) is 4.94. The van der Waals surface area contributed by atoms with E-state index in [1.165, 1.54) is 12.5 Å². The molecule has 0 amide bonds. The van der Waals surface area contributed by atoms with Crippen LogP contribution in [-0.4, -0.2) is 22.3 Å². The zero-order valence-corrected chi connectivity index (χ0v) is 16.9. The molecule has 0 saturated carbocycles. The van der Waals surface area contributed by atoms with Crippen molar-refractivity contribution in [3.05, 3.63) is 77.1 Å². The summed E-state index contributed by atoms with van der Waals surface area (Å²) in [6.07, 6.45) is 3.39. The lowest BCUT2D eigenvalue weighted by atomic mass is 9.87. The van der Waals surface area contributed by atoms with Crippen LogP contribution in [0.5, 0.6) is 0 Å². The molecule has 0 spiro atoms. The Labute approximate surface area is 169 Å². The number of nitrogens with zero attached hydrogens (tertiary/aromatic N) is 2. The number of fused-ring (bicyclic) bond motifs is 1. The fraction of sp³-hybridized carbons (Fsp3) is 0.208. The van der Waals surface area contributed by atoms with Gasteiger partial charge in [0.2, 0.25) is 11.8 Å². The van der Waals surface area contributed by atoms with Crippen LogP contribution < -0.4 is 0 Å². The van der Waals surface area contributed by atoms with E-state index >= 15 is 0 Å². The fourth-order valence-electron chi connectivity index (χ4n) is 3.37. The number of ether oxygens (including phenoxy) is 1. The van der Waals surface area contributed by atoms with E-state index in [1.54, 1.807) is 16.8 Å². The number of carbonyl (C=O) groups excluding carboxylic acids is 2. The van der Waals surface area contributed by atoms with Gasteiger partial charge in [0.1, 0.15) is 0 Å². The Morgan fingerprint density at radius 1 is 1.07 bits per heavy atom. The molecule has 3 aromatic rings. The van der Waals surface area contributed by atoms with E-state index in [-0.39, 0.29) is 22.9 Å². The largest absolute Gasteiger partial charge is 0.402 e. The Kier molecular flexibility index (Phi) is 4.46. The molecule has 0 unspecified atom stereocenters. The molecule has 0 atom stereocenters. The van der Waals surface area contributed by atoms with Crippen LogP contribution in [0.1, 0.15) is 49.2 Å². The third kappa shape index (κ3) is 3.51. The van der Waals surface area contributed by atoms with Crippen LogP contribution in [0.2, 0.25) is 0 Å². The molecule has 0 aliphatic carbocycles. The van der Waals surface area contributed by atoms with Crippen LogP contribution in [0.3, 0.4) is 0 Å². The summed E-state index contributed by atoms with van der Waals surface area (Å²) in [7, 11) is 0. The number of hydrogen-bond acceptors (Lipinski definition) is 4. The Hall–Kier alpha value is -3.47. The summed E-state index contributed by atoms with van der Waals surface area (Å²) in [6.45, 7) is 7.94. The van der Waals surface area contributed by atoms with Gasteiger partial charge < -0.3 is 4.74 Å². The van der Waals surface area contributed by atoms with Gasteiger partial charge in [-0.25, -0.2) is 9.79 Å². The maximum Gasteiger partial charge on any atom is 0.363 e. The first kappa shape index (κ1) is 18.9. The molecule has 1 aliphatic rings. The molecule has 1 aromatic heterocycles. The number of rotatable bonds is 2. The van der Waals surface area contributed by atoms with Gasteiger partial charge in [-0.1, -0.05) is 51.1 Å². The highest BCUT2D eigenvalue weighted by molar-refractivity contribution is 6.13. The van der Waals surface area contributed by atoms with Gasteiger partial charge in [-0.2, -0.15) is 0 Å². The molecule has 0 saturated heterocycles. The van der Waals surface area contributed by atoms with Crippen LogP contribution in [-0.2, 0) is 14.9 Å². The maximum atomic E-state index is 12.4. The number of benzene rings is 2. The number of hydrogen-bond donors (Lipinski definition) is 0. The summed E-state index contributed by atoms with van der Waals surface area (Å²) in [5.41, 5.74) is 3.74. The van der Waals surface area contributed by atoms with E-state index in [1.807, 2.05) is 48.5 Å². The predicted molar refractivity (Wildman–Crippen MR) is 114 cm³/mol. The van der Waals surface area contributed by atoms with Crippen molar-refractivity contribution in [1.82, 2.24) is 4.57 Å². The summed E-state index contributed by atoms with van der Waals surface area (Å²) < 4.78 is 6.96. The van der Waals surface area contributed by atoms with Crippen molar-refractivity contribution in [3.8, 4) is 0 Å². The van der Waals surface area contributed by atoms with E-state index in [2.05, 4.69) is 25.8 Å². The highest BCUT2D eigenvalue weighted by Gasteiger charge is 2.25. The van der Waals surface area contributed by atoms with Gasteiger partial charge in [0.05, 0.1) is 5.52 Å². The third-order valence-electron chi connectivity index (χ3n) is 4.99. The number of para-hydroxylation sites is 1. The second kappa shape index (κ2) is 6.85. The summed E-state index contributed by atoms with van der Waals surface area (Å²) >= 11 is 0. The topological polar surface area (TPSA) is 60.7 Å². The monoisotopic (exact) mass is 386 g/mol. The Morgan fingerprint density at radius 2 is 1.76 bits per heavy atom. The molecule has 0 bridgehead atoms. The van der Waals surface area contributed by atoms with E-state index < -0.39 is 5.97 Å². The van der Waals surface area contributed by atoms with Gasteiger partial charge in [0.15, 0.2) is 5.70 Å². The first-order chi connectivity index (χ1) is 13.7. The second-order valence-electron chi connectivity index (χ2n) is 8.15. The summed E-state index contributed by atoms with van der Waals surface area (Å²) in [6, 6.07) is 15.4. The number of carbonyl (C=O) groups is 2. The lowest BCUT2D eigenvalue weighted by Gasteiger charge is -2.18. The molecular weight excluding hydrogens is 364 g/mol. The first-order valence-corrected chi connectivity index (χ1v) is 9.48. The molecule has 4 rings (SSSR count). The molecule has 29 heavy (non-hydrogen) atoms. The summed E-state index contributed by atoms with van der Waals surface area (Å²) in [5, 5.41) is 0.876. The number of esters is 1. The lowest BCUT2D eigenvalue weighted by Crippen LogP contribution is -2.11. The minimum atomic E-state index is -0.500. The SMILES string of the molecule is CC(=O)n1cc(/C=C2\N=C(c3ccc(C(C)(C)C)cc3)OC2=O)c2ccccc21. The number of cyclic esters (lactones) is 1. The smallest absolute Gasteiger partial charge is 0.363 e. The van der Waals surface area contributed by atoms with Crippen molar-refractivity contribution in [2.45, 2.75) is 33.1 Å². The van der Waals surface area contributed by atoms with E-state index in [0.717, 1.165) is 22.0 Å². The molecule has 5 heteroatoms. The van der Waals surface area contributed by atoms with Gasteiger partial charge in [-0.3, -0.25) is 9.36 Å². The second-order valence-corrected chi connectivity index (χ2v) is 8.15. The minimum Gasteiger partial charge on any atom is -0.402 e. The van der Waals surface area contributed by atoms with Crippen molar-refractivity contribution in [1.29, 1.82) is 0 Å². The highest BCUT2D eigenvalue weighted by Crippen LogP contribution is 2.27. The Morgan fingerprint density at radius 3 is 2.41 bits per heavy atom. The van der Waals surface area contributed by atoms with Crippen molar-refractivity contribution in [3.63, 3.8) is 0 Å². The van der Waals surface area contributed by atoms with Crippen LogP contribution >= 0.6 is 0 Å². The van der Waals surface area contributed by atoms with Gasteiger partial charge in [0.25, 0.3) is 0 Å². The molecule has 1 aliphatic heterocycles. The van der Waals surface area contributed by atoms with Crippen molar-refractivity contribution in [2.24, 2.45) is 4.99 Å². The molecule has 0 radical (unpaired) electrons. The Bertz CT molecular complexity index is 1190. The molecular formula is C24H22N2O3. The maximum absolute atomic E-state index is 12.4. The summed E-state index contributed by atoms with van der Waals surface area (Å²) in [5.74, 6) is -0.306. The van der Waals surface area contributed by atoms with Crippen molar-refractivity contribution >= 4 is 34.8 Å². The molecule has 146 valence electrons. The van der Waals surface area contributed by atoms with E-state index in [4.69, 9.17) is 4.74 Å². The van der Waals surface area contributed by atoms with Gasteiger partial charge in [-0.15, -0.1) is 0 Å². The van der Waals surface area contributed by atoms with Gasteiger partial charge >= 0.3 is 5.97 Å². The average molecular weight is 386 g/mol. The zero-order chi connectivity index (χ0) is 20.8. The Balaban J connectivity index is 1.72. The fourth-order valence-corrected chi connectivity index (χ4v) is 3.37. The van der Waals surface area contributed by atoms with Crippen LogP contribution in [0.15, 0.2) is 65.4 Å². The zero-order valence-electron chi connectivity index (χ0n) is 16.9. The quantitative estimate of drug-likeness (QED) is 0.463. The van der Waals surface area contributed by atoms with Gasteiger partial charge in [-0.05, 0) is 35.3 Å². The van der Waals surface area contributed by atoms with Crippen molar-refractivity contribution < 1.29 is 14.3 Å². The number of aliphatic imine (C=N–C) groups is 1. The summed E-state index contributed by atoms with van der Waals surface area (Å²) in [4.78, 5) is 28.7. The third-order valence-corrected chi connectivity index (χ3v) is 4.99. The molecule has 0 fully saturated rings. The standard InChI is InChI=1S/C24H22N2O3/c1-15(27)26-14-17(19-7-5-6-8-21(19)26)13-20-23(28)29-22(25-20)16-9-11-18(12-10-16)24(2,3)4/h5-14H,1-4H3/b20-13-. The molecule has 5 nitrogen and oxygen atoms in total. The normalized spacial score (nSPS) is 15.7. The van der Waals surface area contributed by atoms with Crippen LogP contribution in [0, 0.1) is 0 Å². The van der Waals surface area contributed by atoms with E-state index in [0.29, 0.717) is 0 Å².